The zero-order chi connectivity index (χ0) is 25.5. The van der Waals surface area contributed by atoms with E-state index in [1.807, 2.05) is 42.3 Å². The fourth-order valence-corrected chi connectivity index (χ4v) is 5.11. The first kappa shape index (κ1) is 25.6. The van der Waals surface area contributed by atoms with Gasteiger partial charge in [0.2, 0.25) is 0 Å². The first-order valence-electron chi connectivity index (χ1n) is 12.4. The van der Waals surface area contributed by atoms with Gasteiger partial charge in [0.15, 0.2) is 0 Å². The van der Waals surface area contributed by atoms with Crippen LogP contribution in [0.3, 0.4) is 0 Å². The fourth-order valence-electron chi connectivity index (χ4n) is 4.32. The third kappa shape index (κ3) is 6.02. The Kier molecular flexibility index (Phi) is 8.54. The quantitative estimate of drug-likeness (QED) is 0.298. The SMILES string of the molecule is CC=Nc1c(CC)cccc1SNc1ccc(C(=O)N2CCN(c3cccc(N(C)C)c3)CC2)cc1. The number of aliphatic imine (C=N–C) groups is 1. The third-order valence-corrected chi connectivity index (χ3v) is 7.30. The molecule has 1 fully saturated rings. The Bertz CT molecular complexity index is 1200. The van der Waals surface area contributed by atoms with Gasteiger partial charge in [0.05, 0.1) is 10.6 Å². The normalized spacial score (nSPS) is 13.8. The lowest BCUT2D eigenvalue weighted by atomic mass is 10.1. The van der Waals surface area contributed by atoms with Gasteiger partial charge in [0, 0.05) is 69.1 Å². The van der Waals surface area contributed by atoms with Crippen molar-refractivity contribution in [3.8, 4) is 0 Å². The van der Waals surface area contributed by atoms with Crippen LogP contribution in [0.15, 0.2) is 76.6 Å². The van der Waals surface area contributed by atoms with Gasteiger partial charge in [0.1, 0.15) is 0 Å². The molecule has 188 valence electrons. The zero-order valence-electron chi connectivity index (χ0n) is 21.6. The summed E-state index contributed by atoms with van der Waals surface area (Å²) in [5.41, 5.74) is 6.31. The minimum absolute atomic E-state index is 0.0890. The number of anilines is 3. The second-order valence-electron chi connectivity index (χ2n) is 8.98. The molecule has 0 bridgehead atoms. The standard InChI is InChI=1S/C29H35N5OS/c1-5-22-9-7-12-27(28(22)30-6-2)36-31-24-15-13-23(14-16-24)29(35)34-19-17-33(18-20-34)26-11-8-10-25(21-26)32(3)4/h6-16,21,31H,5,17-20H2,1-4H3. The van der Waals surface area contributed by atoms with Crippen LogP contribution in [0.4, 0.5) is 22.7 Å². The lowest BCUT2D eigenvalue weighted by Gasteiger charge is -2.36. The molecule has 1 heterocycles. The molecule has 6 nitrogen and oxygen atoms in total. The van der Waals surface area contributed by atoms with Gasteiger partial charge in [-0.1, -0.05) is 25.1 Å². The van der Waals surface area contributed by atoms with E-state index in [4.69, 9.17) is 0 Å². The summed E-state index contributed by atoms with van der Waals surface area (Å²) in [6.45, 7) is 7.18. The summed E-state index contributed by atoms with van der Waals surface area (Å²) in [7, 11) is 4.11. The highest BCUT2D eigenvalue weighted by molar-refractivity contribution is 8.00. The molecule has 1 aliphatic rings. The smallest absolute Gasteiger partial charge is 0.253 e. The number of para-hydroxylation sites is 1. The summed E-state index contributed by atoms with van der Waals surface area (Å²) >= 11 is 1.55. The van der Waals surface area contributed by atoms with Crippen molar-refractivity contribution in [2.24, 2.45) is 4.99 Å². The van der Waals surface area contributed by atoms with Gasteiger partial charge in [-0.2, -0.15) is 0 Å². The highest BCUT2D eigenvalue weighted by Gasteiger charge is 2.22. The van der Waals surface area contributed by atoms with Crippen molar-refractivity contribution in [1.29, 1.82) is 0 Å². The summed E-state index contributed by atoms with van der Waals surface area (Å²) in [5, 5.41) is 0. The third-order valence-electron chi connectivity index (χ3n) is 6.41. The molecule has 0 atom stereocenters. The summed E-state index contributed by atoms with van der Waals surface area (Å²) in [6, 6.07) is 22.6. The van der Waals surface area contributed by atoms with Crippen molar-refractivity contribution in [2.75, 3.05) is 54.8 Å². The van der Waals surface area contributed by atoms with Crippen LogP contribution in [0.5, 0.6) is 0 Å². The highest BCUT2D eigenvalue weighted by atomic mass is 32.2. The summed E-state index contributed by atoms with van der Waals surface area (Å²) < 4.78 is 3.40. The molecule has 36 heavy (non-hydrogen) atoms. The average molecular weight is 502 g/mol. The maximum absolute atomic E-state index is 13.1. The Balaban J connectivity index is 1.34. The van der Waals surface area contributed by atoms with Crippen LogP contribution < -0.4 is 14.5 Å². The molecule has 0 saturated carbocycles. The number of rotatable bonds is 8. The number of piperazine rings is 1. The molecule has 0 unspecified atom stereocenters. The fraction of sp³-hybridized carbons (Fsp3) is 0.310. The van der Waals surface area contributed by atoms with E-state index in [9.17, 15) is 4.79 Å². The second kappa shape index (κ2) is 12.0. The van der Waals surface area contributed by atoms with Crippen molar-refractivity contribution in [1.82, 2.24) is 4.90 Å². The Morgan fingerprint density at radius 1 is 1.03 bits per heavy atom. The number of aryl methyl sites for hydroxylation is 1. The summed E-state index contributed by atoms with van der Waals surface area (Å²) in [5.74, 6) is 0.0890. The van der Waals surface area contributed by atoms with Crippen molar-refractivity contribution in [3.05, 3.63) is 77.9 Å². The van der Waals surface area contributed by atoms with E-state index >= 15 is 0 Å². The van der Waals surface area contributed by atoms with Crippen LogP contribution >= 0.6 is 11.9 Å². The Morgan fingerprint density at radius 2 is 1.75 bits per heavy atom. The van der Waals surface area contributed by atoms with Gasteiger partial charge in [0.25, 0.3) is 5.91 Å². The Morgan fingerprint density at radius 3 is 2.42 bits per heavy atom. The minimum Gasteiger partial charge on any atom is -0.378 e. The van der Waals surface area contributed by atoms with E-state index < -0.39 is 0 Å². The van der Waals surface area contributed by atoms with Crippen LogP contribution in [0, 0.1) is 0 Å². The molecule has 0 spiro atoms. The van der Waals surface area contributed by atoms with Crippen molar-refractivity contribution < 1.29 is 4.79 Å². The largest absolute Gasteiger partial charge is 0.378 e. The van der Waals surface area contributed by atoms with Gasteiger partial charge < -0.3 is 19.4 Å². The van der Waals surface area contributed by atoms with Crippen LogP contribution in [-0.2, 0) is 6.42 Å². The molecule has 3 aromatic carbocycles. The second-order valence-corrected chi connectivity index (χ2v) is 9.83. The summed E-state index contributed by atoms with van der Waals surface area (Å²) in [6.07, 6.45) is 2.77. The zero-order valence-corrected chi connectivity index (χ0v) is 22.4. The van der Waals surface area contributed by atoms with Crippen molar-refractivity contribution >= 4 is 46.8 Å². The van der Waals surface area contributed by atoms with Crippen LogP contribution in [0.1, 0.15) is 29.8 Å². The van der Waals surface area contributed by atoms with E-state index in [1.54, 1.807) is 11.9 Å². The van der Waals surface area contributed by atoms with Crippen molar-refractivity contribution in [3.63, 3.8) is 0 Å². The molecule has 1 N–H and O–H groups in total. The number of nitrogens with one attached hydrogen (secondary N) is 1. The van der Waals surface area contributed by atoms with E-state index in [0.29, 0.717) is 0 Å². The molecular weight excluding hydrogens is 466 g/mol. The minimum atomic E-state index is 0.0890. The first-order valence-corrected chi connectivity index (χ1v) is 13.3. The molecule has 1 amide bonds. The molecule has 0 aliphatic carbocycles. The Hall–Kier alpha value is -3.45. The number of hydrogen-bond donors (Lipinski definition) is 1. The molecule has 0 radical (unpaired) electrons. The maximum atomic E-state index is 13.1. The number of carbonyl (C=O) groups excluding carboxylic acids is 1. The lowest BCUT2D eigenvalue weighted by molar-refractivity contribution is 0.0747. The molecule has 4 rings (SSSR count). The van der Waals surface area contributed by atoms with E-state index in [1.165, 1.54) is 16.9 Å². The highest BCUT2D eigenvalue weighted by Crippen LogP contribution is 2.34. The molecular formula is C29H35N5OS. The number of benzene rings is 3. The molecule has 1 saturated heterocycles. The van der Waals surface area contributed by atoms with Crippen LogP contribution in [0.2, 0.25) is 0 Å². The molecule has 0 aromatic heterocycles. The first-order chi connectivity index (χ1) is 17.5. The van der Waals surface area contributed by atoms with E-state index in [2.05, 4.69) is 83.0 Å². The predicted molar refractivity (Wildman–Crippen MR) is 154 cm³/mol. The monoisotopic (exact) mass is 501 g/mol. The van der Waals surface area contributed by atoms with Gasteiger partial charge in [-0.15, -0.1) is 0 Å². The maximum Gasteiger partial charge on any atom is 0.253 e. The van der Waals surface area contributed by atoms with Crippen LogP contribution in [0.25, 0.3) is 0 Å². The predicted octanol–water partition coefficient (Wildman–Crippen LogP) is 6.12. The molecule has 1 aliphatic heterocycles. The Labute approximate surface area is 219 Å². The number of amides is 1. The van der Waals surface area contributed by atoms with Crippen molar-refractivity contribution in [2.45, 2.75) is 25.2 Å². The number of hydrogen-bond acceptors (Lipinski definition) is 6. The summed E-state index contributed by atoms with van der Waals surface area (Å²) in [4.78, 5) is 25.2. The van der Waals surface area contributed by atoms with Gasteiger partial charge in [-0.25, -0.2) is 0 Å². The van der Waals surface area contributed by atoms with E-state index in [0.717, 1.165) is 54.4 Å². The number of carbonyl (C=O) groups is 1. The lowest BCUT2D eigenvalue weighted by Crippen LogP contribution is -2.48. The van der Waals surface area contributed by atoms with Gasteiger partial charge in [-0.3, -0.25) is 9.79 Å². The van der Waals surface area contributed by atoms with Gasteiger partial charge >= 0.3 is 0 Å². The molecule has 7 heteroatoms. The van der Waals surface area contributed by atoms with E-state index in [-0.39, 0.29) is 5.91 Å². The van der Waals surface area contributed by atoms with Crippen LogP contribution in [-0.4, -0.2) is 57.3 Å². The molecule has 3 aromatic rings. The average Bonchev–Trinajstić information content (AvgIpc) is 2.92. The van der Waals surface area contributed by atoms with Gasteiger partial charge in [-0.05, 0) is 79.4 Å². The topological polar surface area (TPSA) is 51.2 Å². The number of nitrogens with zero attached hydrogens (tertiary/aromatic N) is 4.